The smallest absolute Gasteiger partial charge is 0.0630 e. The second-order valence-electron chi connectivity index (χ2n) is 3.58. The van der Waals surface area contributed by atoms with Gasteiger partial charge in [0.25, 0.3) is 0 Å². The van der Waals surface area contributed by atoms with Crippen molar-refractivity contribution in [3.63, 3.8) is 0 Å². The van der Waals surface area contributed by atoms with Gasteiger partial charge in [0.2, 0.25) is 0 Å². The molecule has 0 spiro atoms. The Kier molecular flexibility index (Phi) is 1.80. The lowest BCUT2D eigenvalue weighted by Crippen LogP contribution is -2.33. The zero-order chi connectivity index (χ0) is 6.91. The number of rotatable bonds is 0. The molecule has 1 atom stereocenters. The molecule has 9 heavy (non-hydrogen) atoms. The molecule has 1 heteroatoms. The third-order valence-corrected chi connectivity index (χ3v) is 1.91. The van der Waals surface area contributed by atoms with E-state index in [4.69, 9.17) is 4.74 Å². The molecule has 1 rings (SSSR count). The van der Waals surface area contributed by atoms with Crippen LogP contribution in [0.1, 0.15) is 40.0 Å². The summed E-state index contributed by atoms with van der Waals surface area (Å²) in [4.78, 5) is 0. The molecule has 0 bridgehead atoms. The van der Waals surface area contributed by atoms with Gasteiger partial charge in [-0.1, -0.05) is 0 Å². The van der Waals surface area contributed by atoms with Crippen molar-refractivity contribution in [1.29, 1.82) is 0 Å². The van der Waals surface area contributed by atoms with Gasteiger partial charge in [-0.15, -0.1) is 0 Å². The Hall–Kier alpha value is -0.0400. The lowest BCUT2D eigenvalue weighted by Gasteiger charge is -2.34. The topological polar surface area (TPSA) is 9.23 Å². The summed E-state index contributed by atoms with van der Waals surface area (Å²) in [6.07, 6.45) is 4.27. The molecule has 0 aromatic carbocycles. The van der Waals surface area contributed by atoms with Crippen molar-refractivity contribution >= 4 is 0 Å². The van der Waals surface area contributed by atoms with Gasteiger partial charge in [-0.25, -0.2) is 0 Å². The standard InChI is InChI=1S/C8H16O/c1-7-5-4-6-8(2,3)9-7/h7H,4-6H2,1-3H3. The molecule has 1 saturated heterocycles. The maximum atomic E-state index is 5.67. The van der Waals surface area contributed by atoms with Crippen molar-refractivity contribution in [3.05, 3.63) is 0 Å². The molecule has 1 fully saturated rings. The first-order valence-electron chi connectivity index (χ1n) is 3.78. The highest BCUT2D eigenvalue weighted by molar-refractivity contribution is 4.75. The number of hydrogen-bond donors (Lipinski definition) is 0. The van der Waals surface area contributed by atoms with Gasteiger partial charge in [0, 0.05) is 0 Å². The van der Waals surface area contributed by atoms with E-state index in [-0.39, 0.29) is 5.60 Å². The van der Waals surface area contributed by atoms with Crippen molar-refractivity contribution < 1.29 is 4.74 Å². The fourth-order valence-electron chi connectivity index (χ4n) is 1.48. The average molecular weight is 128 g/mol. The molecule has 0 saturated carbocycles. The largest absolute Gasteiger partial charge is 0.373 e. The van der Waals surface area contributed by atoms with Crippen LogP contribution in [-0.2, 0) is 4.74 Å². The van der Waals surface area contributed by atoms with E-state index in [1.807, 2.05) is 0 Å². The van der Waals surface area contributed by atoms with Gasteiger partial charge in [0.15, 0.2) is 0 Å². The van der Waals surface area contributed by atoms with Crippen LogP contribution < -0.4 is 0 Å². The van der Waals surface area contributed by atoms with Crippen LogP contribution in [0.15, 0.2) is 0 Å². The summed E-state index contributed by atoms with van der Waals surface area (Å²) in [5.41, 5.74) is 0.150. The highest BCUT2D eigenvalue weighted by atomic mass is 16.5. The molecule has 1 nitrogen and oxygen atoms in total. The van der Waals surface area contributed by atoms with E-state index in [1.54, 1.807) is 0 Å². The molecule has 0 N–H and O–H groups in total. The first kappa shape index (κ1) is 7.07. The number of ether oxygens (including phenoxy) is 1. The summed E-state index contributed by atoms with van der Waals surface area (Å²) in [7, 11) is 0. The summed E-state index contributed by atoms with van der Waals surface area (Å²) in [5, 5.41) is 0. The first-order valence-corrected chi connectivity index (χ1v) is 3.78. The summed E-state index contributed by atoms with van der Waals surface area (Å²) in [5.74, 6) is 0. The lowest BCUT2D eigenvalue weighted by molar-refractivity contribution is -0.0979. The van der Waals surface area contributed by atoms with E-state index in [0.717, 1.165) is 0 Å². The lowest BCUT2D eigenvalue weighted by atomic mass is 9.96. The zero-order valence-corrected chi connectivity index (χ0v) is 6.61. The van der Waals surface area contributed by atoms with Crippen LogP contribution in [0.25, 0.3) is 0 Å². The Balaban J connectivity index is 2.41. The highest BCUT2D eigenvalue weighted by Gasteiger charge is 2.25. The molecule has 1 aliphatic rings. The summed E-state index contributed by atoms with van der Waals surface area (Å²) < 4.78 is 5.67. The molecule has 0 aromatic heterocycles. The zero-order valence-electron chi connectivity index (χ0n) is 6.61. The predicted octanol–water partition coefficient (Wildman–Crippen LogP) is 2.35. The van der Waals surface area contributed by atoms with E-state index >= 15 is 0 Å². The monoisotopic (exact) mass is 128 g/mol. The van der Waals surface area contributed by atoms with Gasteiger partial charge in [0.05, 0.1) is 11.7 Å². The van der Waals surface area contributed by atoms with Crippen molar-refractivity contribution in [1.82, 2.24) is 0 Å². The Bertz CT molecular complexity index is 96.7. The van der Waals surface area contributed by atoms with E-state index in [9.17, 15) is 0 Å². The normalized spacial score (nSPS) is 34.3. The molecular weight excluding hydrogens is 112 g/mol. The fraction of sp³-hybridized carbons (Fsp3) is 1.00. The maximum Gasteiger partial charge on any atom is 0.0630 e. The fourth-order valence-corrected chi connectivity index (χ4v) is 1.48. The van der Waals surface area contributed by atoms with Gasteiger partial charge >= 0.3 is 0 Å². The molecule has 1 heterocycles. The second-order valence-corrected chi connectivity index (χ2v) is 3.58. The van der Waals surface area contributed by atoms with Crippen LogP contribution in [0, 0.1) is 0 Å². The Morgan fingerprint density at radius 3 is 2.44 bits per heavy atom. The summed E-state index contributed by atoms with van der Waals surface area (Å²) in [6.45, 7) is 6.49. The van der Waals surface area contributed by atoms with Gasteiger partial charge in [0.1, 0.15) is 0 Å². The second kappa shape index (κ2) is 2.30. The van der Waals surface area contributed by atoms with Crippen LogP contribution in [0.5, 0.6) is 0 Å². The quantitative estimate of drug-likeness (QED) is 0.486. The Morgan fingerprint density at radius 2 is 2.11 bits per heavy atom. The van der Waals surface area contributed by atoms with Crippen molar-refractivity contribution in [3.8, 4) is 0 Å². The van der Waals surface area contributed by atoms with Crippen LogP contribution >= 0.6 is 0 Å². The van der Waals surface area contributed by atoms with E-state index < -0.39 is 0 Å². The minimum atomic E-state index is 0.150. The average Bonchev–Trinajstić information content (AvgIpc) is 1.60. The van der Waals surface area contributed by atoms with Gasteiger partial charge in [-0.05, 0) is 40.0 Å². The molecule has 54 valence electrons. The van der Waals surface area contributed by atoms with Crippen LogP contribution in [0.3, 0.4) is 0 Å². The van der Waals surface area contributed by atoms with Crippen LogP contribution in [-0.4, -0.2) is 11.7 Å². The Labute approximate surface area is 57.4 Å². The van der Waals surface area contributed by atoms with Gasteiger partial charge < -0.3 is 4.74 Å². The minimum absolute atomic E-state index is 0.150. The molecule has 0 aliphatic carbocycles. The molecule has 1 unspecified atom stereocenters. The van der Waals surface area contributed by atoms with Crippen LogP contribution in [0.2, 0.25) is 0 Å². The molecular formula is C8H16O. The van der Waals surface area contributed by atoms with Gasteiger partial charge in [-0.3, -0.25) is 0 Å². The Morgan fingerprint density at radius 1 is 1.44 bits per heavy atom. The van der Waals surface area contributed by atoms with Crippen molar-refractivity contribution in [2.45, 2.75) is 51.7 Å². The molecule has 1 aliphatic heterocycles. The molecule has 0 radical (unpaired) electrons. The third kappa shape index (κ3) is 1.98. The summed E-state index contributed by atoms with van der Waals surface area (Å²) >= 11 is 0. The highest BCUT2D eigenvalue weighted by Crippen LogP contribution is 2.27. The first-order chi connectivity index (χ1) is 4.10. The van der Waals surface area contributed by atoms with E-state index in [1.165, 1.54) is 19.3 Å². The maximum absolute atomic E-state index is 5.67. The minimum Gasteiger partial charge on any atom is -0.373 e. The van der Waals surface area contributed by atoms with Crippen LogP contribution in [0.4, 0.5) is 0 Å². The third-order valence-electron chi connectivity index (χ3n) is 1.91. The SMILES string of the molecule is CC1CCCC(C)(C)O1. The molecule has 0 aromatic rings. The molecule has 0 amide bonds. The van der Waals surface area contributed by atoms with Gasteiger partial charge in [-0.2, -0.15) is 0 Å². The van der Waals surface area contributed by atoms with Crippen molar-refractivity contribution in [2.24, 2.45) is 0 Å². The number of hydrogen-bond acceptors (Lipinski definition) is 1. The predicted molar refractivity (Wildman–Crippen MR) is 38.5 cm³/mol. The van der Waals surface area contributed by atoms with E-state index in [0.29, 0.717) is 6.10 Å². The summed E-state index contributed by atoms with van der Waals surface area (Å²) in [6, 6.07) is 0. The van der Waals surface area contributed by atoms with E-state index in [2.05, 4.69) is 20.8 Å². The van der Waals surface area contributed by atoms with Crippen molar-refractivity contribution in [2.75, 3.05) is 0 Å².